The van der Waals surface area contributed by atoms with Gasteiger partial charge in [0.2, 0.25) is 0 Å². The molecule has 0 spiro atoms. The zero-order chi connectivity index (χ0) is 20.1. The molecule has 7 nitrogen and oxygen atoms in total. The monoisotopic (exact) mass is 438 g/mol. The molecule has 0 atom stereocenters. The van der Waals surface area contributed by atoms with E-state index < -0.39 is 5.97 Å². The third-order valence-corrected chi connectivity index (χ3v) is 5.26. The van der Waals surface area contributed by atoms with Crippen molar-refractivity contribution in [1.29, 1.82) is 0 Å². The van der Waals surface area contributed by atoms with Crippen molar-refractivity contribution in [2.45, 2.75) is 13.1 Å². The number of esters is 1. The zero-order valence-corrected chi connectivity index (χ0v) is 17.2. The molecule has 29 heavy (non-hydrogen) atoms. The quantitative estimate of drug-likeness (QED) is 0.572. The largest absolute Gasteiger partial charge is 0.465 e. The van der Waals surface area contributed by atoms with Crippen LogP contribution in [0.5, 0.6) is 0 Å². The Morgan fingerprint density at radius 1 is 1.31 bits per heavy atom. The first-order valence-corrected chi connectivity index (χ1v) is 9.26. The first kappa shape index (κ1) is 22.5. The average molecular weight is 439 g/mol. The van der Waals surface area contributed by atoms with Gasteiger partial charge >= 0.3 is 11.7 Å². The summed E-state index contributed by atoms with van der Waals surface area (Å²) in [7, 11) is 1.34. The van der Waals surface area contributed by atoms with E-state index in [2.05, 4.69) is 5.10 Å². The number of carbonyl (C=O) groups is 1. The molecule has 0 aliphatic heterocycles. The smallest absolute Gasteiger partial charge is 0.346 e. The number of nitrogens with zero attached hydrogens (tertiary/aromatic N) is 3. The number of nitrogens with two attached hydrogens (primary N) is 1. The Balaban J connectivity index is 0.00000300. The fourth-order valence-electron chi connectivity index (χ4n) is 2.69. The molecule has 0 saturated carbocycles. The summed E-state index contributed by atoms with van der Waals surface area (Å²) in [6.07, 6.45) is 1.81. The second-order valence-corrected chi connectivity index (χ2v) is 7.14. The van der Waals surface area contributed by atoms with Crippen molar-refractivity contribution in [3.05, 3.63) is 75.6 Å². The minimum absolute atomic E-state index is 0. The van der Waals surface area contributed by atoms with Gasteiger partial charge in [-0.15, -0.1) is 23.7 Å². The molecule has 2 N–H and O–H groups in total. The Morgan fingerprint density at radius 2 is 2.07 bits per heavy atom. The molecule has 2 aromatic heterocycles. The van der Waals surface area contributed by atoms with Crippen molar-refractivity contribution in [2.24, 2.45) is 5.73 Å². The topological polar surface area (TPSA) is 92.1 Å². The average Bonchev–Trinajstić information content (AvgIpc) is 3.33. The number of methoxy groups -OCH3 is 1. The third kappa shape index (κ3) is 5.00. The van der Waals surface area contributed by atoms with Crippen molar-refractivity contribution in [2.75, 3.05) is 13.7 Å². The predicted molar refractivity (Wildman–Crippen MR) is 112 cm³/mol. The lowest BCUT2D eigenvalue weighted by molar-refractivity contribution is 0.0601. The van der Waals surface area contributed by atoms with Gasteiger partial charge in [0, 0.05) is 21.9 Å². The molecule has 0 unspecified atom stereocenters. The van der Waals surface area contributed by atoms with Crippen LogP contribution in [-0.2, 0) is 17.8 Å². The molecular weight excluding hydrogens is 419 g/mol. The highest BCUT2D eigenvalue weighted by Crippen LogP contribution is 2.31. The summed E-state index contributed by atoms with van der Waals surface area (Å²) in [6.45, 7) is 0.353. The molecule has 10 heteroatoms. The van der Waals surface area contributed by atoms with E-state index >= 15 is 0 Å². The Hall–Kier alpha value is -2.75. The van der Waals surface area contributed by atoms with Crippen LogP contribution in [0.4, 0.5) is 4.39 Å². The molecule has 0 fully saturated rings. The summed E-state index contributed by atoms with van der Waals surface area (Å²) in [4.78, 5) is 26.2. The number of carbonyl (C=O) groups excluding carboxylic acids is 1. The van der Waals surface area contributed by atoms with Crippen LogP contribution < -0.4 is 11.4 Å². The van der Waals surface area contributed by atoms with Gasteiger partial charge in [-0.2, -0.15) is 5.10 Å². The van der Waals surface area contributed by atoms with Gasteiger partial charge in [0.05, 0.1) is 32.1 Å². The lowest BCUT2D eigenvalue weighted by Gasteiger charge is -2.05. The highest BCUT2D eigenvalue weighted by Gasteiger charge is 2.15. The number of halogens is 2. The second-order valence-electron chi connectivity index (χ2n) is 5.97. The van der Waals surface area contributed by atoms with E-state index in [0.717, 1.165) is 15.3 Å². The van der Waals surface area contributed by atoms with E-state index in [-0.39, 0.29) is 36.8 Å². The minimum Gasteiger partial charge on any atom is -0.465 e. The summed E-state index contributed by atoms with van der Waals surface area (Å²) in [6, 6.07) is 11.0. The lowest BCUT2D eigenvalue weighted by atomic mass is 10.1. The van der Waals surface area contributed by atoms with Crippen molar-refractivity contribution in [3.8, 4) is 10.4 Å². The maximum Gasteiger partial charge on any atom is 0.346 e. The molecule has 0 amide bonds. The lowest BCUT2D eigenvalue weighted by Crippen LogP contribution is -2.26. The fraction of sp³-hybridized carbons (Fsp3) is 0.211. The Labute approximate surface area is 176 Å². The van der Waals surface area contributed by atoms with Crippen LogP contribution in [-0.4, -0.2) is 34.0 Å². The molecule has 0 bridgehead atoms. The summed E-state index contributed by atoms with van der Waals surface area (Å²) in [5.41, 5.74) is 6.61. The molecule has 0 aliphatic carbocycles. The standard InChI is InChI=1S/C19H19FN4O3S.ClH/c1-27-18(25)16-5-3-2-4-15(16)17-7-6-14(28-17)11-23-12-22-24(19(23)26)10-13(8-20)9-21;/h2-8,12H,9-11,21H2,1H3;1H/b13-8+;. The number of ether oxygens (including phenoxy) is 1. The molecule has 3 rings (SSSR count). The van der Waals surface area contributed by atoms with Gasteiger partial charge < -0.3 is 10.5 Å². The van der Waals surface area contributed by atoms with Crippen LogP contribution in [0, 0.1) is 0 Å². The van der Waals surface area contributed by atoms with Crippen LogP contribution in [0.2, 0.25) is 0 Å². The molecule has 1 aromatic carbocycles. The highest BCUT2D eigenvalue weighted by atomic mass is 35.5. The molecule has 0 aliphatic rings. The summed E-state index contributed by atoms with van der Waals surface area (Å²) in [5, 5.41) is 4.01. The van der Waals surface area contributed by atoms with Crippen LogP contribution in [0.3, 0.4) is 0 Å². The number of benzene rings is 1. The van der Waals surface area contributed by atoms with E-state index in [1.807, 2.05) is 24.3 Å². The number of rotatable bonds is 7. The predicted octanol–water partition coefficient (Wildman–Crippen LogP) is 2.84. The molecular formula is C19H20ClFN4O3S. The van der Waals surface area contributed by atoms with E-state index in [9.17, 15) is 14.0 Å². The van der Waals surface area contributed by atoms with E-state index in [1.165, 1.54) is 34.0 Å². The Bertz CT molecular complexity index is 1070. The second kappa shape index (κ2) is 10.1. The van der Waals surface area contributed by atoms with Crippen LogP contribution in [0.25, 0.3) is 10.4 Å². The SMILES string of the molecule is COC(=O)c1ccccc1-c1ccc(Cn2cnn(C/C(=C/F)CN)c2=O)s1.Cl. The van der Waals surface area contributed by atoms with E-state index in [4.69, 9.17) is 10.5 Å². The fourth-order valence-corrected chi connectivity index (χ4v) is 3.73. The maximum atomic E-state index is 12.7. The molecule has 3 aromatic rings. The number of aromatic nitrogens is 3. The maximum absolute atomic E-state index is 12.7. The van der Waals surface area contributed by atoms with Gasteiger partial charge in [0.15, 0.2) is 0 Å². The van der Waals surface area contributed by atoms with Gasteiger partial charge in [-0.05, 0) is 23.8 Å². The summed E-state index contributed by atoms with van der Waals surface area (Å²) in [5.74, 6) is -0.403. The Kier molecular flexibility index (Phi) is 7.89. The Morgan fingerprint density at radius 3 is 2.76 bits per heavy atom. The third-order valence-electron chi connectivity index (χ3n) is 4.15. The van der Waals surface area contributed by atoms with Crippen LogP contribution in [0.1, 0.15) is 15.2 Å². The number of hydrogen-bond donors (Lipinski definition) is 1. The van der Waals surface area contributed by atoms with E-state index in [0.29, 0.717) is 18.4 Å². The zero-order valence-electron chi connectivity index (χ0n) is 15.6. The number of hydrogen-bond acceptors (Lipinski definition) is 6. The molecule has 0 radical (unpaired) electrons. The van der Waals surface area contributed by atoms with Gasteiger partial charge in [-0.1, -0.05) is 18.2 Å². The summed E-state index contributed by atoms with van der Waals surface area (Å²) < 4.78 is 20.1. The normalized spacial score (nSPS) is 11.2. The van der Waals surface area contributed by atoms with Crippen molar-refractivity contribution >= 4 is 29.7 Å². The van der Waals surface area contributed by atoms with Crippen LogP contribution in [0.15, 0.2) is 59.4 Å². The van der Waals surface area contributed by atoms with E-state index in [1.54, 1.807) is 12.1 Å². The van der Waals surface area contributed by atoms with Gasteiger partial charge in [-0.25, -0.2) is 18.7 Å². The molecule has 0 saturated heterocycles. The van der Waals surface area contributed by atoms with Crippen molar-refractivity contribution in [1.82, 2.24) is 14.3 Å². The van der Waals surface area contributed by atoms with Gasteiger partial charge in [-0.3, -0.25) is 4.57 Å². The highest BCUT2D eigenvalue weighted by molar-refractivity contribution is 7.15. The number of thiophene rings is 1. The van der Waals surface area contributed by atoms with Crippen LogP contribution >= 0.6 is 23.7 Å². The molecule has 2 heterocycles. The van der Waals surface area contributed by atoms with Gasteiger partial charge in [0.1, 0.15) is 6.33 Å². The van der Waals surface area contributed by atoms with Crippen molar-refractivity contribution in [3.63, 3.8) is 0 Å². The van der Waals surface area contributed by atoms with Crippen molar-refractivity contribution < 1.29 is 13.9 Å². The summed E-state index contributed by atoms with van der Waals surface area (Å²) >= 11 is 1.47. The molecule has 154 valence electrons. The van der Waals surface area contributed by atoms with Gasteiger partial charge in [0.25, 0.3) is 0 Å². The first-order valence-electron chi connectivity index (χ1n) is 8.44. The first-order chi connectivity index (χ1) is 13.6. The minimum atomic E-state index is -0.403.